The van der Waals surface area contributed by atoms with Gasteiger partial charge in [-0.05, 0) is 37.1 Å². The van der Waals surface area contributed by atoms with Crippen LogP contribution in [-0.2, 0) is 9.59 Å². The lowest BCUT2D eigenvalue weighted by Crippen LogP contribution is -2.46. The van der Waals surface area contributed by atoms with Crippen molar-refractivity contribution in [3.63, 3.8) is 0 Å². The highest BCUT2D eigenvalue weighted by Crippen LogP contribution is 2.19. The zero-order valence-electron chi connectivity index (χ0n) is 11.6. The zero-order chi connectivity index (χ0) is 14.5. The predicted molar refractivity (Wildman–Crippen MR) is 76.5 cm³/mol. The Bertz CT molecular complexity index is 478. The largest absolute Gasteiger partial charge is 0.508 e. The molecule has 0 saturated heterocycles. The molecular formula is C15H20N2O3. The lowest BCUT2D eigenvalue weighted by molar-refractivity contribution is -0.138. The highest BCUT2D eigenvalue weighted by Gasteiger charge is 2.23. The van der Waals surface area contributed by atoms with Gasteiger partial charge in [-0.15, -0.1) is 0 Å². The number of likely N-dealkylation sites (N-methyl/N-ethyl adjacent to an activating group) is 1. The van der Waals surface area contributed by atoms with E-state index in [0.29, 0.717) is 5.69 Å². The standard InChI is InChI=1S/C15H20N2O3/c1-17(12-7-9-13(18)10-8-12)15(20)14(19)16-11-5-3-2-4-6-11/h7-11,18H,2-6H2,1H3,(H,16,19). The highest BCUT2D eigenvalue weighted by atomic mass is 16.3. The summed E-state index contributed by atoms with van der Waals surface area (Å²) in [7, 11) is 1.55. The first-order valence-electron chi connectivity index (χ1n) is 6.95. The van der Waals surface area contributed by atoms with Gasteiger partial charge in [0.1, 0.15) is 5.75 Å². The fourth-order valence-corrected chi connectivity index (χ4v) is 2.44. The maximum absolute atomic E-state index is 12.1. The molecule has 0 spiro atoms. The van der Waals surface area contributed by atoms with Gasteiger partial charge < -0.3 is 15.3 Å². The monoisotopic (exact) mass is 276 g/mol. The summed E-state index contributed by atoms with van der Waals surface area (Å²) in [6.07, 6.45) is 5.30. The fourth-order valence-electron chi connectivity index (χ4n) is 2.44. The van der Waals surface area contributed by atoms with E-state index in [1.807, 2.05) is 0 Å². The van der Waals surface area contributed by atoms with E-state index in [1.54, 1.807) is 19.2 Å². The van der Waals surface area contributed by atoms with E-state index in [9.17, 15) is 14.7 Å². The number of phenols is 1. The van der Waals surface area contributed by atoms with E-state index in [1.165, 1.54) is 23.5 Å². The molecule has 1 aromatic carbocycles. The molecule has 0 aliphatic heterocycles. The van der Waals surface area contributed by atoms with Crippen LogP contribution in [0.2, 0.25) is 0 Å². The van der Waals surface area contributed by atoms with Crippen molar-refractivity contribution in [2.45, 2.75) is 38.1 Å². The summed E-state index contributed by atoms with van der Waals surface area (Å²) in [5.41, 5.74) is 0.576. The van der Waals surface area contributed by atoms with Crippen LogP contribution in [0.3, 0.4) is 0 Å². The Balaban J connectivity index is 1.95. The Morgan fingerprint density at radius 2 is 1.75 bits per heavy atom. The van der Waals surface area contributed by atoms with Crippen molar-refractivity contribution >= 4 is 17.5 Å². The van der Waals surface area contributed by atoms with E-state index in [0.717, 1.165) is 25.7 Å². The van der Waals surface area contributed by atoms with Gasteiger partial charge in [-0.25, -0.2) is 0 Å². The van der Waals surface area contributed by atoms with E-state index >= 15 is 0 Å². The van der Waals surface area contributed by atoms with Crippen LogP contribution in [0.25, 0.3) is 0 Å². The van der Waals surface area contributed by atoms with Gasteiger partial charge in [-0.2, -0.15) is 0 Å². The Hall–Kier alpha value is -2.04. The normalized spacial score (nSPS) is 15.7. The summed E-state index contributed by atoms with van der Waals surface area (Å²) in [6.45, 7) is 0. The van der Waals surface area contributed by atoms with Crippen molar-refractivity contribution in [2.75, 3.05) is 11.9 Å². The van der Waals surface area contributed by atoms with E-state index in [2.05, 4.69) is 5.32 Å². The summed E-state index contributed by atoms with van der Waals surface area (Å²) in [4.78, 5) is 25.3. The first-order valence-corrected chi connectivity index (χ1v) is 6.95. The van der Waals surface area contributed by atoms with Gasteiger partial charge >= 0.3 is 11.8 Å². The number of amides is 2. The predicted octanol–water partition coefficient (Wildman–Crippen LogP) is 1.80. The molecule has 0 unspecified atom stereocenters. The van der Waals surface area contributed by atoms with Crippen LogP contribution in [0.4, 0.5) is 5.69 Å². The molecule has 0 radical (unpaired) electrons. The van der Waals surface area contributed by atoms with Crippen molar-refractivity contribution < 1.29 is 14.7 Å². The molecule has 0 bridgehead atoms. The number of rotatable bonds is 2. The Labute approximate surface area is 118 Å². The van der Waals surface area contributed by atoms with Gasteiger partial charge in [-0.1, -0.05) is 19.3 Å². The van der Waals surface area contributed by atoms with Gasteiger partial charge in [0.15, 0.2) is 0 Å². The molecule has 0 atom stereocenters. The maximum atomic E-state index is 12.1. The quantitative estimate of drug-likeness (QED) is 0.809. The Morgan fingerprint density at radius 1 is 1.15 bits per heavy atom. The summed E-state index contributed by atoms with van der Waals surface area (Å²) in [6, 6.07) is 6.28. The number of hydrogen-bond acceptors (Lipinski definition) is 3. The second kappa shape index (κ2) is 6.41. The topological polar surface area (TPSA) is 69.6 Å². The number of anilines is 1. The number of benzene rings is 1. The Kier molecular flexibility index (Phi) is 4.61. The third kappa shape index (κ3) is 3.50. The van der Waals surface area contributed by atoms with Crippen molar-refractivity contribution in [3.8, 4) is 5.75 Å². The molecule has 108 valence electrons. The summed E-state index contributed by atoms with van der Waals surface area (Å²) in [5.74, 6) is -1.02. The molecule has 1 aromatic rings. The van der Waals surface area contributed by atoms with Gasteiger partial charge in [0.2, 0.25) is 0 Å². The lowest BCUT2D eigenvalue weighted by atomic mass is 9.95. The van der Waals surface area contributed by atoms with Crippen LogP contribution in [0.5, 0.6) is 5.75 Å². The number of carbonyl (C=O) groups is 2. The van der Waals surface area contributed by atoms with Gasteiger partial charge in [-0.3, -0.25) is 9.59 Å². The average Bonchev–Trinajstić information content (AvgIpc) is 2.47. The van der Waals surface area contributed by atoms with Crippen molar-refractivity contribution in [1.82, 2.24) is 5.32 Å². The maximum Gasteiger partial charge on any atom is 0.316 e. The lowest BCUT2D eigenvalue weighted by Gasteiger charge is -2.24. The second-order valence-corrected chi connectivity index (χ2v) is 5.19. The van der Waals surface area contributed by atoms with E-state index in [-0.39, 0.29) is 11.8 Å². The van der Waals surface area contributed by atoms with Crippen LogP contribution in [0.1, 0.15) is 32.1 Å². The number of nitrogens with one attached hydrogen (secondary N) is 1. The smallest absolute Gasteiger partial charge is 0.316 e. The molecule has 5 heteroatoms. The van der Waals surface area contributed by atoms with E-state index in [4.69, 9.17) is 0 Å². The molecule has 1 aliphatic rings. The van der Waals surface area contributed by atoms with E-state index < -0.39 is 11.8 Å². The fraction of sp³-hybridized carbons (Fsp3) is 0.467. The van der Waals surface area contributed by atoms with Gasteiger partial charge in [0, 0.05) is 18.8 Å². The van der Waals surface area contributed by atoms with Crippen LogP contribution in [0.15, 0.2) is 24.3 Å². The number of carbonyl (C=O) groups excluding carboxylic acids is 2. The third-order valence-electron chi connectivity index (χ3n) is 3.68. The zero-order valence-corrected chi connectivity index (χ0v) is 11.6. The van der Waals surface area contributed by atoms with Gasteiger partial charge in [0.25, 0.3) is 0 Å². The molecule has 5 nitrogen and oxygen atoms in total. The van der Waals surface area contributed by atoms with Crippen LogP contribution < -0.4 is 10.2 Å². The molecule has 1 fully saturated rings. The first kappa shape index (κ1) is 14.4. The minimum absolute atomic E-state index is 0.119. The van der Waals surface area contributed by atoms with Gasteiger partial charge in [0.05, 0.1) is 0 Å². The van der Waals surface area contributed by atoms with Crippen molar-refractivity contribution in [3.05, 3.63) is 24.3 Å². The second-order valence-electron chi connectivity index (χ2n) is 5.19. The number of nitrogens with zero attached hydrogens (tertiary/aromatic N) is 1. The van der Waals surface area contributed by atoms with Crippen LogP contribution in [-0.4, -0.2) is 30.0 Å². The minimum Gasteiger partial charge on any atom is -0.508 e. The summed E-state index contributed by atoms with van der Waals surface area (Å²) < 4.78 is 0. The number of hydrogen-bond donors (Lipinski definition) is 2. The average molecular weight is 276 g/mol. The number of aromatic hydroxyl groups is 1. The molecule has 2 rings (SSSR count). The summed E-state index contributed by atoms with van der Waals surface area (Å²) in [5, 5.41) is 12.0. The SMILES string of the molecule is CN(C(=O)C(=O)NC1CCCCC1)c1ccc(O)cc1. The van der Waals surface area contributed by atoms with Crippen molar-refractivity contribution in [2.24, 2.45) is 0 Å². The molecule has 2 N–H and O–H groups in total. The molecule has 20 heavy (non-hydrogen) atoms. The molecule has 1 saturated carbocycles. The Morgan fingerprint density at radius 3 is 2.35 bits per heavy atom. The highest BCUT2D eigenvalue weighted by molar-refractivity contribution is 6.40. The molecule has 2 amide bonds. The summed E-state index contributed by atoms with van der Waals surface area (Å²) >= 11 is 0. The third-order valence-corrected chi connectivity index (χ3v) is 3.68. The minimum atomic E-state index is -0.582. The molecule has 0 heterocycles. The van der Waals surface area contributed by atoms with Crippen LogP contribution >= 0.6 is 0 Å². The van der Waals surface area contributed by atoms with Crippen LogP contribution in [0, 0.1) is 0 Å². The first-order chi connectivity index (χ1) is 9.58. The van der Waals surface area contributed by atoms with Crippen molar-refractivity contribution in [1.29, 1.82) is 0 Å². The molecule has 0 aromatic heterocycles. The molecular weight excluding hydrogens is 256 g/mol. The molecule has 1 aliphatic carbocycles. The number of phenolic OH excluding ortho intramolecular Hbond substituents is 1.